The third-order valence-electron chi connectivity index (χ3n) is 2.89. The zero-order chi connectivity index (χ0) is 14.1. The first-order chi connectivity index (χ1) is 9.66. The molecule has 0 atom stereocenters. The van der Waals surface area contributed by atoms with Crippen LogP contribution in [0.25, 0.3) is 0 Å². The number of halogens is 1. The summed E-state index contributed by atoms with van der Waals surface area (Å²) in [6.07, 6.45) is 2.59. The number of anilines is 2. The van der Waals surface area contributed by atoms with Crippen molar-refractivity contribution >= 4 is 34.8 Å². The molecule has 0 aliphatic carbocycles. The Morgan fingerprint density at radius 2 is 2.15 bits per heavy atom. The van der Waals surface area contributed by atoms with Crippen molar-refractivity contribution in [2.24, 2.45) is 0 Å². The monoisotopic (exact) mass is 288 g/mol. The van der Waals surface area contributed by atoms with Crippen molar-refractivity contribution in [1.82, 2.24) is 9.97 Å². The summed E-state index contributed by atoms with van der Waals surface area (Å²) in [5.74, 6) is -0.693. The zero-order valence-electron chi connectivity index (χ0n) is 10.2. The first kappa shape index (κ1) is 12.6. The van der Waals surface area contributed by atoms with Gasteiger partial charge in [-0.05, 0) is 12.1 Å². The number of nitrogens with one attached hydrogen (secondary N) is 1. The molecule has 1 N–H and O–H groups in total. The Labute approximate surface area is 119 Å². The van der Waals surface area contributed by atoms with Crippen LogP contribution in [0.4, 0.5) is 11.4 Å². The van der Waals surface area contributed by atoms with Crippen molar-refractivity contribution in [1.29, 1.82) is 0 Å². The topological polar surface area (TPSA) is 75.2 Å². The Morgan fingerprint density at radius 1 is 1.35 bits per heavy atom. The Balaban J connectivity index is 2.05. The van der Waals surface area contributed by atoms with Crippen molar-refractivity contribution in [3.8, 4) is 0 Å². The molecule has 0 saturated carbocycles. The summed E-state index contributed by atoms with van der Waals surface area (Å²) in [6.45, 7) is -0.0732. The summed E-state index contributed by atoms with van der Waals surface area (Å²) in [5, 5.41) is 2.87. The van der Waals surface area contributed by atoms with Gasteiger partial charge in [-0.15, -0.1) is 0 Å². The van der Waals surface area contributed by atoms with Gasteiger partial charge in [-0.2, -0.15) is 0 Å². The molecule has 7 heteroatoms. The van der Waals surface area contributed by atoms with E-state index < -0.39 is 5.91 Å². The summed E-state index contributed by atoms with van der Waals surface area (Å²) in [6, 6.07) is 7.05. The van der Waals surface area contributed by atoms with Crippen LogP contribution in [-0.2, 0) is 4.79 Å². The molecule has 2 amide bonds. The van der Waals surface area contributed by atoms with Gasteiger partial charge < -0.3 is 5.32 Å². The van der Waals surface area contributed by atoms with E-state index in [1.165, 1.54) is 17.4 Å². The molecule has 0 fully saturated rings. The van der Waals surface area contributed by atoms with Crippen molar-refractivity contribution in [3.63, 3.8) is 0 Å². The molecule has 0 radical (unpaired) electrons. The maximum atomic E-state index is 12.5. The predicted molar refractivity (Wildman–Crippen MR) is 73.8 cm³/mol. The molecule has 1 aliphatic heterocycles. The molecule has 2 aromatic rings. The first-order valence-electron chi connectivity index (χ1n) is 5.83. The second-order valence-electron chi connectivity index (χ2n) is 4.18. The Morgan fingerprint density at radius 3 is 2.95 bits per heavy atom. The van der Waals surface area contributed by atoms with Crippen LogP contribution in [0, 0.1) is 0 Å². The van der Waals surface area contributed by atoms with Gasteiger partial charge in [-0.3, -0.25) is 14.5 Å². The number of benzene rings is 1. The fourth-order valence-electron chi connectivity index (χ4n) is 2.01. The molecule has 20 heavy (non-hydrogen) atoms. The van der Waals surface area contributed by atoms with Crippen LogP contribution in [0.3, 0.4) is 0 Å². The molecule has 1 aromatic carbocycles. The van der Waals surface area contributed by atoms with E-state index >= 15 is 0 Å². The number of para-hydroxylation sites is 2. The number of rotatable bonds is 1. The molecule has 0 unspecified atom stereocenters. The summed E-state index contributed by atoms with van der Waals surface area (Å²) in [5.41, 5.74) is 1.28. The predicted octanol–water partition coefficient (Wildman–Crippen LogP) is 1.73. The highest BCUT2D eigenvalue weighted by atomic mass is 35.5. The number of carbonyl (C=O) groups is 2. The second kappa shape index (κ2) is 4.90. The van der Waals surface area contributed by atoms with Gasteiger partial charge in [-0.25, -0.2) is 9.97 Å². The summed E-state index contributed by atoms with van der Waals surface area (Å²) in [4.78, 5) is 33.2. The van der Waals surface area contributed by atoms with Crippen LogP contribution < -0.4 is 10.2 Å². The molecule has 100 valence electrons. The lowest BCUT2D eigenvalue weighted by atomic mass is 10.2. The molecule has 1 aromatic heterocycles. The fraction of sp³-hybridized carbons (Fsp3) is 0.0769. The Kier molecular flexibility index (Phi) is 3.08. The van der Waals surface area contributed by atoms with Gasteiger partial charge in [0.1, 0.15) is 12.9 Å². The van der Waals surface area contributed by atoms with E-state index in [1.54, 1.807) is 24.3 Å². The van der Waals surface area contributed by atoms with Crippen LogP contribution in [0.5, 0.6) is 0 Å². The van der Waals surface area contributed by atoms with E-state index in [-0.39, 0.29) is 23.2 Å². The van der Waals surface area contributed by atoms with Gasteiger partial charge >= 0.3 is 0 Å². The van der Waals surface area contributed by atoms with Gasteiger partial charge in [0, 0.05) is 6.20 Å². The first-order valence-corrected chi connectivity index (χ1v) is 6.21. The third-order valence-corrected chi connectivity index (χ3v) is 3.16. The number of aromatic nitrogens is 2. The van der Waals surface area contributed by atoms with Crippen molar-refractivity contribution in [2.75, 3.05) is 16.8 Å². The molecule has 6 nitrogen and oxygen atoms in total. The normalized spacial score (nSPS) is 13.7. The standard InChI is InChI=1S/C13H9ClN4O2/c14-8-5-15-7-16-12(8)13(20)18-6-11(19)17-9-3-1-2-4-10(9)18/h1-5,7H,6H2,(H,17,19). The van der Waals surface area contributed by atoms with Gasteiger partial charge in [0.05, 0.1) is 16.4 Å². The van der Waals surface area contributed by atoms with Crippen LogP contribution in [-0.4, -0.2) is 28.3 Å². The highest BCUT2D eigenvalue weighted by molar-refractivity contribution is 6.34. The van der Waals surface area contributed by atoms with Crippen molar-refractivity contribution in [3.05, 3.63) is 47.5 Å². The second-order valence-corrected chi connectivity index (χ2v) is 4.58. The molecule has 2 heterocycles. The van der Waals surface area contributed by atoms with E-state index in [4.69, 9.17) is 11.6 Å². The number of carbonyl (C=O) groups excluding carboxylic acids is 2. The number of nitrogens with zero attached hydrogens (tertiary/aromatic N) is 3. The Bertz CT molecular complexity index is 704. The minimum atomic E-state index is -0.431. The number of fused-ring (bicyclic) bond motifs is 1. The summed E-state index contributed by atoms with van der Waals surface area (Å²) < 4.78 is 0. The lowest BCUT2D eigenvalue weighted by Crippen LogP contribution is -2.42. The number of hydrogen-bond donors (Lipinski definition) is 1. The Hall–Kier alpha value is -2.47. The lowest BCUT2D eigenvalue weighted by Gasteiger charge is -2.28. The lowest BCUT2D eigenvalue weighted by molar-refractivity contribution is -0.115. The number of hydrogen-bond acceptors (Lipinski definition) is 4. The van der Waals surface area contributed by atoms with E-state index in [0.717, 1.165) is 0 Å². The molecular formula is C13H9ClN4O2. The molecular weight excluding hydrogens is 280 g/mol. The largest absolute Gasteiger partial charge is 0.323 e. The average Bonchev–Trinajstić information content (AvgIpc) is 2.46. The minimum Gasteiger partial charge on any atom is -0.323 e. The smallest absolute Gasteiger partial charge is 0.279 e. The zero-order valence-corrected chi connectivity index (χ0v) is 11.0. The van der Waals surface area contributed by atoms with Crippen LogP contribution >= 0.6 is 11.6 Å². The van der Waals surface area contributed by atoms with Crippen LogP contribution in [0.2, 0.25) is 5.02 Å². The van der Waals surface area contributed by atoms with Gasteiger partial charge in [-0.1, -0.05) is 23.7 Å². The summed E-state index contributed by atoms with van der Waals surface area (Å²) in [7, 11) is 0. The number of amides is 2. The van der Waals surface area contributed by atoms with E-state index in [9.17, 15) is 9.59 Å². The van der Waals surface area contributed by atoms with E-state index in [2.05, 4.69) is 15.3 Å². The molecule has 0 spiro atoms. The highest BCUT2D eigenvalue weighted by Gasteiger charge is 2.29. The summed E-state index contributed by atoms with van der Waals surface area (Å²) >= 11 is 5.93. The third kappa shape index (κ3) is 2.10. The van der Waals surface area contributed by atoms with Crippen molar-refractivity contribution < 1.29 is 9.59 Å². The molecule has 1 aliphatic rings. The van der Waals surface area contributed by atoms with Gasteiger partial charge in [0.15, 0.2) is 5.69 Å². The molecule has 0 saturated heterocycles. The van der Waals surface area contributed by atoms with Crippen LogP contribution in [0.1, 0.15) is 10.5 Å². The van der Waals surface area contributed by atoms with Crippen molar-refractivity contribution in [2.45, 2.75) is 0 Å². The maximum absolute atomic E-state index is 12.5. The fourth-order valence-corrected chi connectivity index (χ4v) is 2.20. The minimum absolute atomic E-state index is 0.0732. The van der Waals surface area contributed by atoms with E-state index in [1.807, 2.05) is 0 Å². The maximum Gasteiger partial charge on any atom is 0.279 e. The van der Waals surface area contributed by atoms with E-state index in [0.29, 0.717) is 11.4 Å². The van der Waals surface area contributed by atoms with Gasteiger partial charge in [0.2, 0.25) is 5.91 Å². The van der Waals surface area contributed by atoms with Gasteiger partial charge in [0.25, 0.3) is 5.91 Å². The van der Waals surface area contributed by atoms with Crippen LogP contribution in [0.15, 0.2) is 36.8 Å². The highest BCUT2D eigenvalue weighted by Crippen LogP contribution is 2.30. The molecule has 3 rings (SSSR count). The average molecular weight is 289 g/mol. The molecule has 0 bridgehead atoms. The SMILES string of the molecule is O=C1CN(C(=O)c2ncncc2Cl)c2ccccc2N1. The quantitative estimate of drug-likeness (QED) is 0.867.